The van der Waals surface area contributed by atoms with E-state index in [1.165, 1.54) is 0 Å². The van der Waals surface area contributed by atoms with Gasteiger partial charge in [0.25, 0.3) is 0 Å². The van der Waals surface area contributed by atoms with Crippen LogP contribution in [-0.4, -0.2) is 22.9 Å². The molecule has 2 aliphatic rings. The highest BCUT2D eigenvalue weighted by molar-refractivity contribution is 6.02. The molecule has 0 saturated heterocycles. The average molecular weight is 372 g/mol. The first kappa shape index (κ1) is 16.7. The van der Waals surface area contributed by atoms with Crippen LogP contribution in [0.15, 0.2) is 77.9 Å². The van der Waals surface area contributed by atoms with Crippen molar-refractivity contribution in [1.29, 1.82) is 0 Å². The number of para-hydroxylation sites is 1. The summed E-state index contributed by atoms with van der Waals surface area (Å²) < 4.78 is 11.6. The van der Waals surface area contributed by atoms with Crippen LogP contribution in [0, 0.1) is 0 Å². The Morgan fingerprint density at radius 2 is 1.75 bits per heavy atom. The van der Waals surface area contributed by atoms with Gasteiger partial charge in [-0.15, -0.1) is 0 Å². The molecule has 0 radical (unpaired) electrons. The first-order chi connectivity index (χ1) is 13.7. The van der Waals surface area contributed by atoms with Crippen LogP contribution in [-0.2, 0) is 0 Å². The lowest BCUT2D eigenvalue weighted by Gasteiger charge is -2.38. The molecule has 2 heterocycles. The van der Waals surface area contributed by atoms with E-state index in [4.69, 9.17) is 14.6 Å². The number of benzene rings is 3. The number of aromatic hydroxyl groups is 1. The number of hydrogen-bond donors (Lipinski definition) is 1. The summed E-state index contributed by atoms with van der Waals surface area (Å²) in [7, 11) is 1.67. The molecule has 0 fully saturated rings. The van der Waals surface area contributed by atoms with Gasteiger partial charge in [-0.25, -0.2) is 5.01 Å². The Morgan fingerprint density at radius 1 is 1.00 bits per heavy atom. The molecule has 140 valence electrons. The molecule has 0 bridgehead atoms. The maximum Gasteiger partial charge on any atom is 0.213 e. The molecule has 2 aliphatic heterocycles. The minimum Gasteiger partial charge on any atom is -0.508 e. The molecule has 5 nitrogen and oxygen atoms in total. The van der Waals surface area contributed by atoms with Crippen molar-refractivity contribution in [1.82, 2.24) is 5.01 Å². The summed E-state index contributed by atoms with van der Waals surface area (Å²) in [5, 5.41) is 16.6. The topological polar surface area (TPSA) is 54.3 Å². The maximum atomic E-state index is 9.64. The Bertz CT molecular complexity index is 1030. The number of fused-ring (bicyclic) bond motifs is 3. The Labute approximate surface area is 163 Å². The second kappa shape index (κ2) is 6.60. The monoisotopic (exact) mass is 372 g/mol. The number of rotatable bonds is 3. The zero-order chi connectivity index (χ0) is 19.1. The number of phenolic OH excluding ortho intramolecular Hbond substituents is 1. The van der Waals surface area contributed by atoms with Gasteiger partial charge in [0.05, 0.1) is 18.9 Å². The van der Waals surface area contributed by atoms with Crippen LogP contribution in [0.3, 0.4) is 0 Å². The van der Waals surface area contributed by atoms with Crippen LogP contribution >= 0.6 is 0 Å². The van der Waals surface area contributed by atoms with Crippen molar-refractivity contribution in [2.75, 3.05) is 7.11 Å². The molecule has 2 atom stereocenters. The Balaban J connectivity index is 1.56. The van der Waals surface area contributed by atoms with Crippen molar-refractivity contribution in [3.05, 3.63) is 89.5 Å². The van der Waals surface area contributed by atoms with Gasteiger partial charge in [0, 0.05) is 17.5 Å². The summed E-state index contributed by atoms with van der Waals surface area (Å²) >= 11 is 0. The summed E-state index contributed by atoms with van der Waals surface area (Å²) in [5.41, 5.74) is 4.20. The van der Waals surface area contributed by atoms with Gasteiger partial charge in [-0.1, -0.05) is 18.2 Å². The van der Waals surface area contributed by atoms with Crippen molar-refractivity contribution in [3.8, 4) is 17.2 Å². The average Bonchev–Trinajstić information content (AvgIpc) is 3.20. The fourth-order valence-corrected chi connectivity index (χ4v) is 3.85. The highest BCUT2D eigenvalue weighted by Gasteiger charge is 2.40. The van der Waals surface area contributed by atoms with Gasteiger partial charge in [-0.2, -0.15) is 5.10 Å². The van der Waals surface area contributed by atoms with Crippen LogP contribution in [0.2, 0.25) is 0 Å². The van der Waals surface area contributed by atoms with Gasteiger partial charge in [0.2, 0.25) is 6.23 Å². The Hall–Kier alpha value is -3.47. The van der Waals surface area contributed by atoms with E-state index in [-0.39, 0.29) is 18.0 Å². The molecule has 1 N–H and O–H groups in total. The number of hydrogen-bond acceptors (Lipinski definition) is 5. The fourth-order valence-electron chi connectivity index (χ4n) is 3.85. The molecule has 0 spiro atoms. The van der Waals surface area contributed by atoms with Gasteiger partial charge in [0.15, 0.2) is 0 Å². The second-order valence-electron chi connectivity index (χ2n) is 6.97. The molecule has 5 rings (SSSR count). The zero-order valence-electron chi connectivity index (χ0n) is 15.4. The van der Waals surface area contributed by atoms with Crippen molar-refractivity contribution >= 4 is 5.71 Å². The predicted octanol–water partition coefficient (Wildman–Crippen LogP) is 4.64. The molecular weight excluding hydrogens is 352 g/mol. The van der Waals surface area contributed by atoms with Crippen LogP contribution in [0.5, 0.6) is 17.2 Å². The number of methoxy groups -OCH3 is 1. The van der Waals surface area contributed by atoms with E-state index in [9.17, 15) is 5.11 Å². The van der Waals surface area contributed by atoms with Gasteiger partial charge >= 0.3 is 0 Å². The minimum absolute atomic E-state index is 0.112. The summed E-state index contributed by atoms with van der Waals surface area (Å²) in [4.78, 5) is 0. The predicted molar refractivity (Wildman–Crippen MR) is 107 cm³/mol. The third-order valence-corrected chi connectivity index (χ3v) is 5.30. The fraction of sp³-hybridized carbons (Fsp3) is 0.174. The van der Waals surface area contributed by atoms with Gasteiger partial charge in [0.1, 0.15) is 17.2 Å². The first-order valence-electron chi connectivity index (χ1n) is 9.28. The van der Waals surface area contributed by atoms with Gasteiger partial charge < -0.3 is 14.6 Å². The number of nitrogens with zero attached hydrogens (tertiary/aromatic N) is 2. The first-order valence-corrected chi connectivity index (χ1v) is 9.28. The van der Waals surface area contributed by atoms with E-state index in [1.807, 2.05) is 59.6 Å². The van der Waals surface area contributed by atoms with Crippen LogP contribution in [0.1, 0.15) is 35.4 Å². The van der Waals surface area contributed by atoms with E-state index in [0.717, 1.165) is 40.3 Å². The zero-order valence-corrected chi connectivity index (χ0v) is 15.4. The van der Waals surface area contributed by atoms with Crippen molar-refractivity contribution in [2.45, 2.75) is 18.7 Å². The normalized spacial score (nSPS) is 20.0. The van der Waals surface area contributed by atoms with E-state index in [1.54, 1.807) is 19.2 Å². The smallest absolute Gasteiger partial charge is 0.213 e. The maximum absolute atomic E-state index is 9.64. The quantitative estimate of drug-likeness (QED) is 0.728. The summed E-state index contributed by atoms with van der Waals surface area (Å²) in [5.74, 6) is 1.95. The lowest BCUT2D eigenvalue weighted by atomic mass is 9.96. The highest BCUT2D eigenvalue weighted by Crippen LogP contribution is 2.47. The van der Waals surface area contributed by atoms with E-state index < -0.39 is 0 Å². The molecule has 0 unspecified atom stereocenters. The molecule has 3 aromatic carbocycles. The van der Waals surface area contributed by atoms with Crippen LogP contribution in [0.4, 0.5) is 0 Å². The largest absolute Gasteiger partial charge is 0.508 e. The summed E-state index contributed by atoms with van der Waals surface area (Å²) in [6, 6.07) is 23.4. The van der Waals surface area contributed by atoms with Gasteiger partial charge in [-0.3, -0.25) is 0 Å². The van der Waals surface area contributed by atoms with Crippen molar-refractivity contribution in [2.24, 2.45) is 5.10 Å². The molecule has 0 saturated carbocycles. The number of phenols is 1. The van der Waals surface area contributed by atoms with Crippen LogP contribution in [0.25, 0.3) is 0 Å². The molecule has 0 aliphatic carbocycles. The van der Waals surface area contributed by atoms with Crippen LogP contribution < -0.4 is 9.47 Å². The lowest BCUT2D eigenvalue weighted by Crippen LogP contribution is -2.33. The minimum atomic E-state index is -0.337. The molecule has 0 aromatic heterocycles. The standard InChI is InChI=1S/C23H20N2O3/c1-27-18-12-8-15(9-13-18)20-14-21-19-4-2-3-5-22(19)28-23(25(21)24-20)16-6-10-17(26)11-7-16/h2-13,21,23,26H,14H2,1H3/t21-,23+/m1/s1. The van der Waals surface area contributed by atoms with E-state index in [0.29, 0.717) is 0 Å². The Morgan fingerprint density at radius 3 is 2.50 bits per heavy atom. The number of hydrazone groups is 1. The third-order valence-electron chi connectivity index (χ3n) is 5.30. The van der Waals surface area contributed by atoms with E-state index in [2.05, 4.69) is 6.07 Å². The third kappa shape index (κ3) is 2.76. The summed E-state index contributed by atoms with van der Waals surface area (Å²) in [6.07, 6.45) is 0.470. The second-order valence-corrected chi connectivity index (χ2v) is 6.97. The number of ether oxygens (including phenoxy) is 2. The molecule has 3 aromatic rings. The Kier molecular flexibility index (Phi) is 3.93. The van der Waals surface area contributed by atoms with E-state index >= 15 is 0 Å². The SMILES string of the molecule is COc1ccc(C2=NN3[C@H](C2)c2ccccc2O[C@H]3c2ccc(O)cc2)cc1. The highest BCUT2D eigenvalue weighted by atomic mass is 16.5. The molecule has 0 amide bonds. The summed E-state index contributed by atoms with van der Waals surface area (Å²) in [6.45, 7) is 0. The van der Waals surface area contributed by atoms with Crippen molar-refractivity contribution in [3.63, 3.8) is 0 Å². The lowest BCUT2D eigenvalue weighted by molar-refractivity contribution is -0.0190. The van der Waals surface area contributed by atoms with Crippen molar-refractivity contribution < 1.29 is 14.6 Å². The van der Waals surface area contributed by atoms with Gasteiger partial charge in [-0.05, 0) is 60.2 Å². The molecule has 28 heavy (non-hydrogen) atoms. The molecular formula is C23H20N2O3. The molecule has 5 heteroatoms.